The molecule has 0 N–H and O–H groups in total. The van der Waals surface area contributed by atoms with Crippen molar-refractivity contribution < 1.29 is 4.79 Å². The number of hydrogen-bond acceptors (Lipinski definition) is 1. The zero-order chi connectivity index (χ0) is 9.14. The number of halogens is 2. The van der Waals surface area contributed by atoms with Gasteiger partial charge in [-0.2, -0.15) is 0 Å². The van der Waals surface area contributed by atoms with Crippen LogP contribution in [0.1, 0.15) is 10.4 Å². The van der Waals surface area contributed by atoms with E-state index in [9.17, 15) is 4.79 Å². The summed E-state index contributed by atoms with van der Waals surface area (Å²) in [6.07, 6.45) is 1.32. The molecule has 0 radical (unpaired) electrons. The first-order chi connectivity index (χ1) is 5.65. The van der Waals surface area contributed by atoms with Crippen LogP contribution in [0, 0.1) is 3.57 Å². The number of benzene rings is 1. The van der Waals surface area contributed by atoms with Crippen LogP contribution in [0.4, 0.5) is 0 Å². The molecule has 0 aromatic heterocycles. The van der Waals surface area contributed by atoms with Gasteiger partial charge in [0.25, 0.3) is 0 Å². The molecule has 0 amide bonds. The molecule has 1 nitrogen and oxygen atoms in total. The highest BCUT2D eigenvalue weighted by Gasteiger charge is 2.05. The Morgan fingerprint density at radius 3 is 2.83 bits per heavy atom. The van der Waals surface area contributed by atoms with Crippen LogP contribution in [0.5, 0.6) is 0 Å². The SMILES string of the molecule is C=CC(=O)c1cc(Br)ccc1I. The van der Waals surface area contributed by atoms with Crippen molar-refractivity contribution >= 4 is 44.3 Å². The highest BCUT2D eigenvalue weighted by Crippen LogP contribution is 2.18. The standard InChI is InChI=1S/C9H6BrIO/c1-2-9(12)7-5-6(10)3-4-8(7)11/h2-5H,1H2. The number of hydrogen-bond donors (Lipinski definition) is 0. The molecule has 0 aliphatic rings. The maximum atomic E-state index is 11.2. The summed E-state index contributed by atoms with van der Waals surface area (Å²) in [5.74, 6) is -0.0410. The Labute approximate surface area is 93.1 Å². The predicted octanol–water partition coefficient (Wildman–Crippen LogP) is 3.42. The minimum atomic E-state index is -0.0410. The molecular weight excluding hydrogens is 331 g/mol. The van der Waals surface area contributed by atoms with E-state index in [-0.39, 0.29) is 5.78 Å². The van der Waals surface area contributed by atoms with Crippen LogP contribution < -0.4 is 0 Å². The number of carbonyl (C=O) groups excluding carboxylic acids is 1. The second-order valence-corrected chi connectivity index (χ2v) is 4.27. The number of ketones is 1. The summed E-state index contributed by atoms with van der Waals surface area (Å²) in [7, 11) is 0. The van der Waals surface area contributed by atoms with Gasteiger partial charge in [-0.15, -0.1) is 0 Å². The topological polar surface area (TPSA) is 17.1 Å². The van der Waals surface area contributed by atoms with E-state index >= 15 is 0 Å². The van der Waals surface area contributed by atoms with Crippen molar-refractivity contribution in [2.75, 3.05) is 0 Å². The van der Waals surface area contributed by atoms with E-state index in [0.29, 0.717) is 5.56 Å². The van der Waals surface area contributed by atoms with Crippen molar-refractivity contribution in [1.29, 1.82) is 0 Å². The van der Waals surface area contributed by atoms with Crippen LogP contribution in [-0.4, -0.2) is 5.78 Å². The molecule has 0 bridgehead atoms. The lowest BCUT2D eigenvalue weighted by Gasteiger charge is -1.99. The van der Waals surface area contributed by atoms with Crippen LogP contribution >= 0.6 is 38.5 Å². The lowest BCUT2D eigenvalue weighted by molar-refractivity contribution is 0.104. The average molecular weight is 337 g/mol. The van der Waals surface area contributed by atoms with E-state index < -0.39 is 0 Å². The van der Waals surface area contributed by atoms with Gasteiger partial charge in [-0.1, -0.05) is 22.5 Å². The quantitative estimate of drug-likeness (QED) is 0.459. The van der Waals surface area contributed by atoms with Crippen molar-refractivity contribution in [3.8, 4) is 0 Å². The predicted molar refractivity (Wildman–Crippen MR) is 61.4 cm³/mol. The first kappa shape index (κ1) is 9.92. The van der Waals surface area contributed by atoms with Gasteiger partial charge in [0.1, 0.15) is 0 Å². The molecule has 3 heteroatoms. The molecule has 0 unspecified atom stereocenters. The van der Waals surface area contributed by atoms with Crippen LogP contribution in [-0.2, 0) is 0 Å². The first-order valence-electron chi connectivity index (χ1n) is 3.27. The summed E-state index contributed by atoms with van der Waals surface area (Å²) in [6.45, 7) is 3.44. The molecule has 1 rings (SSSR count). The Balaban J connectivity index is 3.22. The van der Waals surface area contributed by atoms with Crippen LogP contribution in [0.3, 0.4) is 0 Å². The third-order valence-corrected chi connectivity index (χ3v) is 2.81. The van der Waals surface area contributed by atoms with Crippen molar-refractivity contribution in [2.45, 2.75) is 0 Å². The maximum Gasteiger partial charge on any atom is 0.186 e. The summed E-state index contributed by atoms with van der Waals surface area (Å²) in [6, 6.07) is 5.59. The normalized spacial score (nSPS) is 9.50. The maximum absolute atomic E-state index is 11.2. The van der Waals surface area contributed by atoms with E-state index in [1.807, 2.05) is 12.1 Å². The monoisotopic (exact) mass is 336 g/mol. The van der Waals surface area contributed by atoms with Gasteiger partial charge in [-0.25, -0.2) is 0 Å². The van der Waals surface area contributed by atoms with Crippen LogP contribution in [0.25, 0.3) is 0 Å². The molecule has 0 fully saturated rings. The van der Waals surface area contributed by atoms with E-state index in [4.69, 9.17) is 0 Å². The van der Waals surface area contributed by atoms with E-state index in [1.54, 1.807) is 6.07 Å². The molecule has 62 valence electrons. The van der Waals surface area contributed by atoms with Gasteiger partial charge in [-0.05, 0) is 46.9 Å². The van der Waals surface area contributed by atoms with Gasteiger partial charge in [0, 0.05) is 13.6 Å². The van der Waals surface area contributed by atoms with Gasteiger partial charge in [0.2, 0.25) is 0 Å². The van der Waals surface area contributed by atoms with Crippen molar-refractivity contribution in [3.05, 3.63) is 44.5 Å². The van der Waals surface area contributed by atoms with Crippen LogP contribution in [0.15, 0.2) is 35.3 Å². The van der Waals surface area contributed by atoms with Gasteiger partial charge in [-0.3, -0.25) is 4.79 Å². The Morgan fingerprint density at radius 2 is 2.25 bits per heavy atom. The Kier molecular flexibility index (Phi) is 3.46. The number of allylic oxidation sites excluding steroid dienone is 1. The molecule has 0 aliphatic heterocycles. The second kappa shape index (κ2) is 4.18. The third kappa shape index (κ3) is 2.17. The van der Waals surface area contributed by atoms with Gasteiger partial charge < -0.3 is 0 Å². The largest absolute Gasteiger partial charge is 0.289 e. The number of rotatable bonds is 2. The third-order valence-electron chi connectivity index (χ3n) is 1.38. The molecule has 0 atom stereocenters. The highest BCUT2D eigenvalue weighted by molar-refractivity contribution is 14.1. The van der Waals surface area contributed by atoms with Gasteiger partial charge in [0.15, 0.2) is 5.78 Å². The zero-order valence-electron chi connectivity index (χ0n) is 6.18. The Bertz CT molecular complexity index is 333. The summed E-state index contributed by atoms with van der Waals surface area (Å²) >= 11 is 5.43. The fourth-order valence-corrected chi connectivity index (χ4v) is 1.76. The fourth-order valence-electron chi connectivity index (χ4n) is 0.796. The highest BCUT2D eigenvalue weighted by atomic mass is 127. The van der Waals surface area contributed by atoms with Gasteiger partial charge >= 0.3 is 0 Å². The van der Waals surface area contributed by atoms with Crippen molar-refractivity contribution in [3.63, 3.8) is 0 Å². The van der Waals surface area contributed by atoms with E-state index in [1.165, 1.54) is 6.08 Å². The summed E-state index contributed by atoms with van der Waals surface area (Å²) < 4.78 is 1.86. The molecule has 12 heavy (non-hydrogen) atoms. The second-order valence-electron chi connectivity index (χ2n) is 2.19. The molecule has 0 heterocycles. The van der Waals surface area contributed by atoms with Crippen molar-refractivity contribution in [1.82, 2.24) is 0 Å². The van der Waals surface area contributed by atoms with E-state index in [0.717, 1.165) is 8.04 Å². The summed E-state index contributed by atoms with van der Waals surface area (Å²) in [5, 5.41) is 0. The number of carbonyl (C=O) groups is 1. The molecule has 0 saturated carbocycles. The van der Waals surface area contributed by atoms with Crippen LogP contribution in [0.2, 0.25) is 0 Å². The fraction of sp³-hybridized carbons (Fsp3) is 0. The summed E-state index contributed by atoms with van der Waals surface area (Å²) in [5.41, 5.74) is 0.694. The lowest BCUT2D eigenvalue weighted by Crippen LogP contribution is -1.96. The molecule has 0 spiro atoms. The zero-order valence-corrected chi connectivity index (χ0v) is 9.92. The first-order valence-corrected chi connectivity index (χ1v) is 5.14. The average Bonchev–Trinajstić information content (AvgIpc) is 2.08. The van der Waals surface area contributed by atoms with Gasteiger partial charge in [0.05, 0.1) is 0 Å². The molecular formula is C9H6BrIO. The molecule has 1 aromatic rings. The van der Waals surface area contributed by atoms with E-state index in [2.05, 4.69) is 45.1 Å². The molecule has 0 saturated heterocycles. The lowest BCUT2D eigenvalue weighted by atomic mass is 10.1. The smallest absolute Gasteiger partial charge is 0.186 e. The molecule has 1 aromatic carbocycles. The minimum Gasteiger partial charge on any atom is -0.289 e. The summed E-state index contributed by atoms with van der Waals surface area (Å²) in [4.78, 5) is 11.2. The Morgan fingerprint density at radius 1 is 1.58 bits per heavy atom. The Hall–Kier alpha value is -0.160. The minimum absolute atomic E-state index is 0.0410. The molecule has 0 aliphatic carbocycles. The van der Waals surface area contributed by atoms with Crippen molar-refractivity contribution in [2.24, 2.45) is 0 Å².